The zero-order chi connectivity index (χ0) is 21.6. The van der Waals surface area contributed by atoms with Crippen molar-refractivity contribution in [1.82, 2.24) is 25.4 Å². The van der Waals surface area contributed by atoms with Crippen molar-refractivity contribution >= 4 is 17.6 Å². The van der Waals surface area contributed by atoms with Crippen molar-refractivity contribution in [2.45, 2.75) is 18.5 Å². The molecule has 158 valence electrons. The Kier molecular flexibility index (Phi) is 4.47. The first-order valence-corrected chi connectivity index (χ1v) is 9.48. The minimum atomic E-state index is -2.86. The lowest BCUT2D eigenvalue weighted by atomic mass is 9.90. The highest BCUT2D eigenvalue weighted by Crippen LogP contribution is 2.36. The number of pyridine rings is 1. The molecule has 2 aliphatic rings. The van der Waals surface area contributed by atoms with Gasteiger partial charge in [-0.15, -0.1) is 10.2 Å². The van der Waals surface area contributed by atoms with Gasteiger partial charge in [0.1, 0.15) is 0 Å². The highest BCUT2D eigenvalue weighted by molar-refractivity contribution is 6.17. The Balaban J connectivity index is 1.38. The van der Waals surface area contributed by atoms with E-state index >= 15 is 0 Å². The predicted octanol–water partition coefficient (Wildman–Crippen LogP) is 2.38. The van der Waals surface area contributed by atoms with Crippen LogP contribution in [0.5, 0.6) is 0 Å². The fourth-order valence-corrected chi connectivity index (χ4v) is 3.73. The maximum atomic E-state index is 13.2. The monoisotopic (exact) mass is 426 g/mol. The van der Waals surface area contributed by atoms with Crippen LogP contribution in [0.15, 0.2) is 53.1 Å². The van der Waals surface area contributed by atoms with Crippen LogP contribution in [-0.4, -0.2) is 50.6 Å². The lowest BCUT2D eigenvalue weighted by Crippen LogP contribution is -2.70. The number of imide groups is 1. The third-order valence-electron chi connectivity index (χ3n) is 5.36. The summed E-state index contributed by atoms with van der Waals surface area (Å²) in [6.45, 7) is 0.729. The number of halogens is 2. The number of alkyl halides is 2. The molecule has 0 saturated carbocycles. The molecule has 9 nitrogen and oxygen atoms in total. The molecule has 4 heterocycles. The Bertz CT molecular complexity index is 1130. The quantitative estimate of drug-likeness (QED) is 0.625. The Morgan fingerprint density at radius 1 is 1.10 bits per heavy atom. The first-order valence-electron chi connectivity index (χ1n) is 9.48. The molecule has 2 aromatic heterocycles. The van der Waals surface area contributed by atoms with Crippen LogP contribution in [0.1, 0.15) is 18.0 Å². The molecular formula is C20H16F2N6O3. The van der Waals surface area contributed by atoms with Crippen molar-refractivity contribution in [2.75, 3.05) is 18.0 Å². The topological polar surface area (TPSA) is 104 Å². The fraction of sp³-hybridized carbons (Fsp3) is 0.250. The second-order valence-electron chi connectivity index (χ2n) is 7.26. The molecule has 1 spiro atoms. The zero-order valence-electron chi connectivity index (χ0n) is 16.0. The van der Waals surface area contributed by atoms with Crippen LogP contribution < -0.4 is 10.2 Å². The second-order valence-corrected chi connectivity index (χ2v) is 7.26. The summed E-state index contributed by atoms with van der Waals surface area (Å²) in [5.41, 5.74) is 0.525. The van der Waals surface area contributed by atoms with E-state index in [2.05, 4.69) is 20.5 Å². The van der Waals surface area contributed by atoms with Gasteiger partial charge in [0.2, 0.25) is 5.89 Å². The molecule has 0 radical (unpaired) electrons. The highest BCUT2D eigenvalue weighted by Gasteiger charge is 2.61. The molecule has 1 aromatic carbocycles. The number of hydrogen-bond donors (Lipinski definition) is 1. The van der Waals surface area contributed by atoms with Crippen molar-refractivity contribution in [3.8, 4) is 11.5 Å². The molecule has 2 fully saturated rings. The molecule has 0 aliphatic carbocycles. The summed E-state index contributed by atoms with van der Waals surface area (Å²) in [7, 11) is 0. The fourth-order valence-electron chi connectivity index (χ4n) is 3.73. The van der Waals surface area contributed by atoms with Crippen LogP contribution in [0.25, 0.3) is 11.5 Å². The van der Waals surface area contributed by atoms with E-state index in [9.17, 15) is 18.4 Å². The average molecular weight is 426 g/mol. The van der Waals surface area contributed by atoms with E-state index < -0.39 is 23.9 Å². The molecule has 5 rings (SSSR count). The third kappa shape index (κ3) is 3.05. The van der Waals surface area contributed by atoms with Gasteiger partial charge in [0.15, 0.2) is 5.54 Å². The summed E-state index contributed by atoms with van der Waals surface area (Å²) in [6.07, 6.45) is -1.49. The van der Waals surface area contributed by atoms with Crippen LogP contribution in [0.2, 0.25) is 0 Å². The number of para-hydroxylation sites is 1. The number of urea groups is 1. The van der Waals surface area contributed by atoms with E-state index in [1.54, 1.807) is 24.3 Å². The molecule has 0 unspecified atom stereocenters. The molecule has 0 atom stereocenters. The van der Waals surface area contributed by atoms with Gasteiger partial charge in [0.05, 0.1) is 17.8 Å². The standard InChI is InChI=1S/C20H16F2N6O3/c21-15(22)17-26-25-16(31-17)12-6-7-13(24-8-12)9-27-18(29)20(10-23-11-20)28(19(27)30)14-4-2-1-3-5-14/h1-8,15,23H,9-11H2. The van der Waals surface area contributed by atoms with Crippen LogP contribution in [0, 0.1) is 0 Å². The zero-order valence-corrected chi connectivity index (χ0v) is 16.0. The van der Waals surface area contributed by atoms with Gasteiger partial charge in [-0.25, -0.2) is 4.79 Å². The number of aromatic nitrogens is 3. The van der Waals surface area contributed by atoms with E-state index in [0.29, 0.717) is 30.0 Å². The Morgan fingerprint density at radius 2 is 1.87 bits per heavy atom. The molecule has 3 aromatic rings. The van der Waals surface area contributed by atoms with Gasteiger partial charge in [-0.05, 0) is 24.3 Å². The van der Waals surface area contributed by atoms with Gasteiger partial charge < -0.3 is 9.73 Å². The molecule has 0 bridgehead atoms. The summed E-state index contributed by atoms with van der Waals surface area (Å²) in [4.78, 5) is 33.3. The number of rotatable bonds is 5. The summed E-state index contributed by atoms with van der Waals surface area (Å²) in [5, 5.41) is 9.94. The minimum Gasteiger partial charge on any atom is -0.415 e. The number of nitrogens with one attached hydrogen (secondary N) is 1. The smallest absolute Gasteiger partial charge is 0.332 e. The molecular weight excluding hydrogens is 410 g/mol. The van der Waals surface area contributed by atoms with Gasteiger partial charge in [-0.1, -0.05) is 18.2 Å². The van der Waals surface area contributed by atoms with E-state index in [4.69, 9.17) is 4.42 Å². The molecule has 2 saturated heterocycles. The molecule has 31 heavy (non-hydrogen) atoms. The number of amides is 3. The SMILES string of the molecule is O=C1N(Cc2ccc(-c3nnc(C(F)F)o3)cn2)C(=O)C2(CNC2)N1c1ccccc1. The first-order chi connectivity index (χ1) is 15.0. The summed E-state index contributed by atoms with van der Waals surface area (Å²) >= 11 is 0. The van der Waals surface area contributed by atoms with Gasteiger partial charge in [-0.2, -0.15) is 8.78 Å². The minimum absolute atomic E-state index is 0.0187. The predicted molar refractivity (Wildman–Crippen MR) is 103 cm³/mol. The van der Waals surface area contributed by atoms with E-state index in [1.165, 1.54) is 16.0 Å². The van der Waals surface area contributed by atoms with Crippen LogP contribution in [-0.2, 0) is 11.3 Å². The molecule has 3 amide bonds. The van der Waals surface area contributed by atoms with Gasteiger partial charge in [-0.3, -0.25) is 19.6 Å². The Labute approximate surface area is 174 Å². The number of carbonyl (C=O) groups excluding carboxylic acids is 2. The maximum Gasteiger partial charge on any atom is 0.332 e. The normalized spacial score (nSPS) is 17.6. The van der Waals surface area contributed by atoms with E-state index in [0.717, 1.165) is 0 Å². The average Bonchev–Trinajstić information content (AvgIpc) is 3.32. The van der Waals surface area contributed by atoms with Crippen LogP contribution in [0.4, 0.5) is 19.3 Å². The van der Waals surface area contributed by atoms with E-state index in [1.807, 2.05) is 18.2 Å². The molecule has 11 heteroatoms. The number of nitrogens with zero attached hydrogens (tertiary/aromatic N) is 5. The summed E-state index contributed by atoms with van der Waals surface area (Å²) < 4.78 is 30.2. The van der Waals surface area contributed by atoms with Gasteiger partial charge in [0.25, 0.3) is 11.8 Å². The number of carbonyl (C=O) groups is 2. The highest BCUT2D eigenvalue weighted by atomic mass is 19.3. The molecule has 2 aliphatic heterocycles. The van der Waals surface area contributed by atoms with Gasteiger partial charge in [0, 0.05) is 25.0 Å². The number of anilines is 1. The Hall–Kier alpha value is -3.73. The first kappa shape index (κ1) is 19.2. The second kappa shape index (κ2) is 7.20. The summed E-state index contributed by atoms with van der Waals surface area (Å²) in [6, 6.07) is 11.8. The van der Waals surface area contributed by atoms with Crippen molar-refractivity contribution < 1.29 is 22.8 Å². The number of hydrogen-bond acceptors (Lipinski definition) is 7. The lowest BCUT2D eigenvalue weighted by Gasteiger charge is -2.42. The largest absolute Gasteiger partial charge is 0.415 e. The van der Waals surface area contributed by atoms with Crippen molar-refractivity contribution in [2.24, 2.45) is 0 Å². The van der Waals surface area contributed by atoms with Gasteiger partial charge >= 0.3 is 12.5 Å². The van der Waals surface area contributed by atoms with E-state index in [-0.39, 0.29) is 18.3 Å². The van der Waals surface area contributed by atoms with Crippen molar-refractivity contribution in [3.63, 3.8) is 0 Å². The Morgan fingerprint density at radius 3 is 2.45 bits per heavy atom. The summed E-state index contributed by atoms with van der Waals surface area (Å²) in [5.74, 6) is -1.14. The van der Waals surface area contributed by atoms with Crippen molar-refractivity contribution in [1.29, 1.82) is 0 Å². The number of benzene rings is 1. The van der Waals surface area contributed by atoms with Crippen LogP contribution in [0.3, 0.4) is 0 Å². The molecule has 1 N–H and O–H groups in total. The van der Waals surface area contributed by atoms with Crippen LogP contribution >= 0.6 is 0 Å². The lowest BCUT2D eigenvalue weighted by molar-refractivity contribution is -0.132. The third-order valence-corrected chi connectivity index (χ3v) is 5.36. The van der Waals surface area contributed by atoms with Crippen molar-refractivity contribution in [3.05, 3.63) is 60.2 Å². The maximum absolute atomic E-state index is 13.2.